The van der Waals surface area contributed by atoms with E-state index in [4.69, 9.17) is 0 Å². The monoisotopic (exact) mass is 384 g/mol. The van der Waals surface area contributed by atoms with Crippen molar-refractivity contribution in [2.75, 3.05) is 0 Å². The normalized spacial score (nSPS) is 16.4. The van der Waals surface area contributed by atoms with Gasteiger partial charge >= 0.3 is 6.18 Å². The van der Waals surface area contributed by atoms with Gasteiger partial charge in [0.15, 0.2) is 0 Å². The Balaban J connectivity index is 1.62. The Labute approximate surface area is 158 Å². The van der Waals surface area contributed by atoms with Crippen molar-refractivity contribution in [3.8, 4) is 11.4 Å². The molecule has 0 radical (unpaired) electrons. The van der Waals surface area contributed by atoms with Crippen LogP contribution < -0.4 is 0 Å². The number of hydrogen-bond donors (Lipinski definition) is 1. The first-order valence-corrected chi connectivity index (χ1v) is 8.47. The number of aromatic hydroxyl groups is 1. The van der Waals surface area contributed by atoms with Gasteiger partial charge in [-0.3, -0.25) is 0 Å². The van der Waals surface area contributed by atoms with Crippen molar-refractivity contribution >= 4 is 5.70 Å². The van der Waals surface area contributed by atoms with Gasteiger partial charge in [0, 0.05) is 5.56 Å². The topological polar surface area (TPSA) is 62.8 Å². The van der Waals surface area contributed by atoms with E-state index in [2.05, 4.69) is 15.3 Å². The number of rotatable bonds is 3. The smallest absolute Gasteiger partial charge is 0.433 e. The molecule has 142 valence electrons. The van der Waals surface area contributed by atoms with Gasteiger partial charge in [0.1, 0.15) is 17.5 Å². The Morgan fingerprint density at radius 3 is 2.46 bits per heavy atom. The molecular formula is C20H15F3N4O. The van der Waals surface area contributed by atoms with Crippen LogP contribution in [0.5, 0.6) is 5.75 Å². The average molecular weight is 384 g/mol. The van der Waals surface area contributed by atoms with E-state index < -0.39 is 11.9 Å². The molecule has 0 aliphatic carbocycles. The summed E-state index contributed by atoms with van der Waals surface area (Å²) in [6, 6.07) is 14.0. The first kappa shape index (κ1) is 18.0. The molecule has 4 rings (SSSR count). The Morgan fingerprint density at radius 2 is 1.79 bits per heavy atom. The lowest BCUT2D eigenvalue weighted by Gasteiger charge is -2.10. The van der Waals surface area contributed by atoms with E-state index in [9.17, 15) is 18.3 Å². The van der Waals surface area contributed by atoms with Gasteiger partial charge in [-0.1, -0.05) is 24.3 Å². The SMILES string of the molecule is Cc1cc(C(F)(F)F)n(-c2ccc(C3=CC(c4cccc(O)c4)N=N3)cc2)n1. The minimum Gasteiger partial charge on any atom is -0.508 e. The number of hydrogen-bond acceptors (Lipinski definition) is 4. The Hall–Kier alpha value is -3.42. The quantitative estimate of drug-likeness (QED) is 0.652. The predicted octanol–water partition coefficient (Wildman–Crippen LogP) is 5.45. The zero-order chi connectivity index (χ0) is 19.9. The lowest BCUT2D eigenvalue weighted by atomic mass is 10.0. The Morgan fingerprint density at radius 1 is 1.04 bits per heavy atom. The highest BCUT2D eigenvalue weighted by Crippen LogP contribution is 2.34. The summed E-state index contributed by atoms with van der Waals surface area (Å²) in [4.78, 5) is 0. The second kappa shape index (κ2) is 6.63. The maximum Gasteiger partial charge on any atom is 0.433 e. The zero-order valence-corrected chi connectivity index (χ0v) is 14.7. The van der Waals surface area contributed by atoms with Crippen molar-refractivity contribution in [3.05, 3.63) is 83.2 Å². The maximum atomic E-state index is 13.2. The number of aromatic nitrogens is 2. The van der Waals surface area contributed by atoms with Crippen molar-refractivity contribution in [2.45, 2.75) is 19.1 Å². The van der Waals surface area contributed by atoms with Crippen LogP contribution in [0, 0.1) is 6.92 Å². The van der Waals surface area contributed by atoms with Crippen molar-refractivity contribution < 1.29 is 18.3 Å². The van der Waals surface area contributed by atoms with E-state index in [0.29, 0.717) is 11.4 Å². The minimum atomic E-state index is -4.49. The zero-order valence-electron chi connectivity index (χ0n) is 14.7. The molecule has 1 aliphatic rings. The van der Waals surface area contributed by atoms with E-state index >= 15 is 0 Å². The van der Waals surface area contributed by atoms with Gasteiger partial charge in [-0.25, -0.2) is 4.68 Å². The number of azo groups is 1. The Bertz CT molecular complexity index is 1080. The Kier molecular flexibility index (Phi) is 4.26. The largest absolute Gasteiger partial charge is 0.508 e. The van der Waals surface area contributed by atoms with Gasteiger partial charge in [-0.2, -0.15) is 28.5 Å². The second-order valence-electron chi connectivity index (χ2n) is 6.43. The summed E-state index contributed by atoms with van der Waals surface area (Å²) < 4.78 is 40.5. The highest BCUT2D eigenvalue weighted by molar-refractivity contribution is 5.67. The van der Waals surface area contributed by atoms with Crippen molar-refractivity contribution in [1.29, 1.82) is 0 Å². The molecule has 0 spiro atoms. The number of phenolic OH excluding ortho intramolecular Hbond substituents is 1. The summed E-state index contributed by atoms with van der Waals surface area (Å²) in [7, 11) is 0. The van der Waals surface area contributed by atoms with Gasteiger partial charge in [-0.15, -0.1) is 0 Å². The molecule has 0 saturated heterocycles. The number of halogens is 3. The average Bonchev–Trinajstić information content (AvgIpc) is 3.29. The predicted molar refractivity (Wildman–Crippen MR) is 97.0 cm³/mol. The van der Waals surface area contributed by atoms with Gasteiger partial charge in [0.25, 0.3) is 0 Å². The summed E-state index contributed by atoms with van der Waals surface area (Å²) in [5.41, 5.74) is 1.93. The van der Waals surface area contributed by atoms with Crippen molar-refractivity contribution in [1.82, 2.24) is 9.78 Å². The van der Waals surface area contributed by atoms with Crippen LogP contribution >= 0.6 is 0 Å². The van der Waals surface area contributed by atoms with Gasteiger partial charge in [-0.05, 0) is 48.9 Å². The molecule has 0 amide bonds. The van der Waals surface area contributed by atoms with E-state index in [-0.39, 0.29) is 17.5 Å². The highest BCUT2D eigenvalue weighted by atomic mass is 19.4. The van der Waals surface area contributed by atoms with Crippen LogP contribution in [0.1, 0.15) is 28.6 Å². The second-order valence-corrected chi connectivity index (χ2v) is 6.43. The fraction of sp³-hybridized carbons (Fsp3) is 0.150. The molecule has 2 aromatic carbocycles. The molecule has 1 N–H and O–H groups in total. The first-order chi connectivity index (χ1) is 13.3. The van der Waals surface area contributed by atoms with Crippen LogP contribution in [-0.4, -0.2) is 14.9 Å². The number of benzene rings is 2. The molecule has 0 saturated carbocycles. The highest BCUT2D eigenvalue weighted by Gasteiger charge is 2.35. The fourth-order valence-electron chi connectivity index (χ4n) is 3.04. The fourth-order valence-corrected chi connectivity index (χ4v) is 3.04. The summed E-state index contributed by atoms with van der Waals surface area (Å²) in [6.07, 6.45) is -2.65. The molecule has 1 atom stereocenters. The molecule has 2 heterocycles. The first-order valence-electron chi connectivity index (χ1n) is 8.47. The lowest BCUT2D eigenvalue weighted by molar-refractivity contribution is -0.142. The third-order valence-corrected chi connectivity index (χ3v) is 4.35. The van der Waals surface area contributed by atoms with Crippen molar-refractivity contribution in [3.63, 3.8) is 0 Å². The summed E-state index contributed by atoms with van der Waals surface area (Å²) in [6.45, 7) is 1.52. The summed E-state index contributed by atoms with van der Waals surface area (Å²) in [5.74, 6) is 0.147. The molecule has 1 aromatic heterocycles. The molecule has 0 fully saturated rings. The summed E-state index contributed by atoms with van der Waals surface area (Å²) >= 11 is 0. The molecule has 1 unspecified atom stereocenters. The molecular weight excluding hydrogens is 369 g/mol. The number of phenols is 1. The van der Waals surface area contributed by atoms with E-state index in [0.717, 1.165) is 21.9 Å². The van der Waals surface area contributed by atoms with Gasteiger partial charge in [0.2, 0.25) is 0 Å². The lowest BCUT2D eigenvalue weighted by Crippen LogP contribution is -2.13. The van der Waals surface area contributed by atoms with Crippen LogP contribution in [0.25, 0.3) is 11.4 Å². The number of alkyl halides is 3. The van der Waals surface area contributed by atoms with Crippen LogP contribution in [0.4, 0.5) is 13.2 Å². The van der Waals surface area contributed by atoms with Gasteiger partial charge in [0.05, 0.1) is 17.1 Å². The van der Waals surface area contributed by atoms with Crippen LogP contribution in [0.15, 0.2) is 70.9 Å². The van der Waals surface area contributed by atoms with E-state index in [1.807, 2.05) is 12.1 Å². The van der Waals surface area contributed by atoms with Crippen LogP contribution in [0.2, 0.25) is 0 Å². The number of nitrogens with zero attached hydrogens (tertiary/aromatic N) is 4. The van der Waals surface area contributed by atoms with Crippen LogP contribution in [0.3, 0.4) is 0 Å². The van der Waals surface area contributed by atoms with Crippen molar-refractivity contribution in [2.24, 2.45) is 10.2 Å². The van der Waals surface area contributed by atoms with Crippen LogP contribution in [-0.2, 0) is 6.18 Å². The molecule has 1 aliphatic heterocycles. The minimum absolute atomic E-state index is 0.147. The third-order valence-electron chi connectivity index (χ3n) is 4.35. The third kappa shape index (κ3) is 3.40. The maximum absolute atomic E-state index is 13.2. The molecule has 0 bridgehead atoms. The molecule has 8 heteroatoms. The molecule has 3 aromatic rings. The van der Waals surface area contributed by atoms with E-state index in [1.54, 1.807) is 42.5 Å². The summed E-state index contributed by atoms with van der Waals surface area (Å²) in [5, 5.41) is 21.9. The molecule has 28 heavy (non-hydrogen) atoms. The number of aryl methyl sites for hydroxylation is 1. The molecule has 5 nitrogen and oxygen atoms in total. The van der Waals surface area contributed by atoms with Gasteiger partial charge < -0.3 is 5.11 Å². The van der Waals surface area contributed by atoms with E-state index in [1.165, 1.54) is 6.92 Å². The standard InChI is InChI=1S/C20H15F3N4O/c1-12-9-19(20(21,22)23)27(26-12)15-7-5-13(6-8-15)17-11-18(25-24-17)14-3-2-4-16(28)10-14/h2-11,18,28H,1H3.